The van der Waals surface area contributed by atoms with Gasteiger partial charge in [0.05, 0.1) is 17.4 Å². The molecule has 106 valence electrons. The van der Waals surface area contributed by atoms with E-state index in [0.717, 1.165) is 17.1 Å². The van der Waals surface area contributed by atoms with Gasteiger partial charge in [-0.05, 0) is 45.9 Å². The molecule has 0 unspecified atom stereocenters. The van der Waals surface area contributed by atoms with Gasteiger partial charge in [0.15, 0.2) is 0 Å². The maximum absolute atomic E-state index is 11.2. The van der Waals surface area contributed by atoms with Crippen LogP contribution in [0.3, 0.4) is 0 Å². The first-order valence-electron chi connectivity index (χ1n) is 6.60. The van der Waals surface area contributed by atoms with Crippen molar-refractivity contribution >= 4 is 5.97 Å². The largest absolute Gasteiger partial charge is 0.489 e. The molecule has 4 heteroatoms. The Bertz CT molecular complexity index is 641. The van der Waals surface area contributed by atoms with Crippen LogP contribution in [0, 0.1) is 13.8 Å². The van der Waals surface area contributed by atoms with Crippen molar-refractivity contribution in [2.24, 2.45) is 0 Å². The van der Waals surface area contributed by atoms with Crippen molar-refractivity contribution in [1.29, 1.82) is 0 Å². The second kappa shape index (κ2) is 5.41. The summed E-state index contributed by atoms with van der Waals surface area (Å²) in [5.74, 6) is -0.159. The monoisotopic (exact) mass is 273 g/mol. The van der Waals surface area contributed by atoms with Gasteiger partial charge in [0.2, 0.25) is 0 Å². The van der Waals surface area contributed by atoms with Gasteiger partial charge in [0, 0.05) is 11.4 Å². The molecule has 4 nitrogen and oxygen atoms in total. The molecule has 0 spiro atoms. The summed E-state index contributed by atoms with van der Waals surface area (Å²) in [7, 11) is 0. The molecule has 0 aliphatic carbocycles. The van der Waals surface area contributed by atoms with Crippen LogP contribution in [0.25, 0.3) is 5.69 Å². The molecule has 1 N–H and O–H groups in total. The van der Waals surface area contributed by atoms with Gasteiger partial charge < -0.3 is 14.4 Å². The molecule has 0 radical (unpaired) electrons. The molecule has 2 aromatic rings. The maximum Gasteiger partial charge on any atom is 0.337 e. The highest BCUT2D eigenvalue weighted by molar-refractivity contribution is 5.89. The first-order valence-corrected chi connectivity index (χ1v) is 6.60. The van der Waals surface area contributed by atoms with Crippen molar-refractivity contribution in [2.75, 3.05) is 0 Å². The summed E-state index contributed by atoms with van der Waals surface area (Å²) in [6.07, 6.45) is 0.0614. The van der Waals surface area contributed by atoms with Crippen molar-refractivity contribution in [2.45, 2.75) is 33.8 Å². The quantitative estimate of drug-likeness (QED) is 0.926. The second-order valence-corrected chi connectivity index (χ2v) is 5.06. The number of para-hydroxylation sites is 2. The summed E-state index contributed by atoms with van der Waals surface area (Å²) in [5.41, 5.74) is 2.76. The van der Waals surface area contributed by atoms with Gasteiger partial charge in [0.25, 0.3) is 0 Å². The molecular weight excluding hydrogens is 254 g/mol. The number of rotatable bonds is 4. The van der Waals surface area contributed by atoms with Crippen LogP contribution in [0.5, 0.6) is 5.75 Å². The number of aromatic carboxylic acids is 1. The molecule has 20 heavy (non-hydrogen) atoms. The number of carboxylic acids is 1. The summed E-state index contributed by atoms with van der Waals surface area (Å²) < 4.78 is 7.73. The molecule has 0 amide bonds. The number of benzene rings is 1. The Hall–Kier alpha value is -2.23. The predicted molar refractivity (Wildman–Crippen MR) is 78.0 cm³/mol. The number of aryl methyl sites for hydroxylation is 1. The van der Waals surface area contributed by atoms with E-state index < -0.39 is 5.97 Å². The van der Waals surface area contributed by atoms with Crippen molar-refractivity contribution in [1.82, 2.24) is 4.57 Å². The van der Waals surface area contributed by atoms with Crippen LogP contribution in [0.1, 0.15) is 35.6 Å². The van der Waals surface area contributed by atoms with Crippen LogP contribution in [0.2, 0.25) is 0 Å². The Balaban J connectivity index is 2.60. The summed E-state index contributed by atoms with van der Waals surface area (Å²) in [5, 5.41) is 9.22. The SMILES string of the molecule is Cc1cc(C(=O)O)c(C)n1-c1ccccc1OC(C)C. The highest BCUT2D eigenvalue weighted by atomic mass is 16.5. The number of hydrogen-bond acceptors (Lipinski definition) is 2. The number of carboxylic acid groups (broad SMARTS) is 1. The fourth-order valence-corrected chi connectivity index (χ4v) is 2.35. The van der Waals surface area contributed by atoms with Gasteiger partial charge in [-0.25, -0.2) is 4.79 Å². The number of aromatic nitrogens is 1. The summed E-state index contributed by atoms with van der Waals surface area (Å²) in [4.78, 5) is 11.2. The molecule has 0 saturated heterocycles. The lowest BCUT2D eigenvalue weighted by Gasteiger charge is -2.17. The maximum atomic E-state index is 11.2. The van der Waals surface area contributed by atoms with Gasteiger partial charge in [-0.15, -0.1) is 0 Å². The molecule has 0 aliphatic rings. The summed E-state index contributed by atoms with van der Waals surface area (Å²) in [6, 6.07) is 9.34. The first kappa shape index (κ1) is 14.2. The third kappa shape index (κ3) is 2.54. The van der Waals surface area contributed by atoms with E-state index >= 15 is 0 Å². The van der Waals surface area contributed by atoms with Gasteiger partial charge >= 0.3 is 5.97 Å². The number of carbonyl (C=O) groups is 1. The zero-order valence-corrected chi connectivity index (χ0v) is 12.2. The molecule has 0 saturated carbocycles. The molecule has 1 aromatic heterocycles. The molecule has 0 bridgehead atoms. The highest BCUT2D eigenvalue weighted by Gasteiger charge is 2.18. The van der Waals surface area contributed by atoms with E-state index in [1.54, 1.807) is 6.07 Å². The van der Waals surface area contributed by atoms with E-state index in [9.17, 15) is 9.90 Å². The van der Waals surface area contributed by atoms with Crippen molar-refractivity contribution in [3.63, 3.8) is 0 Å². The van der Waals surface area contributed by atoms with Crippen molar-refractivity contribution in [3.8, 4) is 11.4 Å². The van der Waals surface area contributed by atoms with Crippen molar-refractivity contribution in [3.05, 3.63) is 47.3 Å². The number of hydrogen-bond donors (Lipinski definition) is 1. The number of ether oxygens (including phenoxy) is 1. The topological polar surface area (TPSA) is 51.5 Å². The molecule has 0 aliphatic heterocycles. The lowest BCUT2D eigenvalue weighted by Crippen LogP contribution is -2.10. The summed E-state index contributed by atoms with van der Waals surface area (Å²) in [6.45, 7) is 7.64. The molecule has 1 aromatic carbocycles. The van der Waals surface area contributed by atoms with E-state index in [1.807, 2.05) is 56.5 Å². The minimum absolute atomic E-state index is 0.0614. The lowest BCUT2D eigenvalue weighted by atomic mass is 10.2. The Morgan fingerprint density at radius 3 is 2.45 bits per heavy atom. The third-order valence-corrected chi connectivity index (χ3v) is 3.13. The van der Waals surface area contributed by atoms with Crippen LogP contribution in [0.15, 0.2) is 30.3 Å². The molecule has 0 atom stereocenters. The molecule has 1 heterocycles. The van der Waals surface area contributed by atoms with Crippen LogP contribution < -0.4 is 4.74 Å². The molecule has 0 fully saturated rings. The van der Waals surface area contributed by atoms with Crippen LogP contribution in [0.4, 0.5) is 0 Å². The Labute approximate surface area is 118 Å². The first-order chi connectivity index (χ1) is 9.41. The molecule has 2 rings (SSSR count). The van der Waals surface area contributed by atoms with Gasteiger partial charge in [-0.2, -0.15) is 0 Å². The van der Waals surface area contributed by atoms with E-state index in [-0.39, 0.29) is 6.10 Å². The Kier molecular flexibility index (Phi) is 3.84. The van der Waals surface area contributed by atoms with Crippen molar-refractivity contribution < 1.29 is 14.6 Å². The zero-order valence-electron chi connectivity index (χ0n) is 12.2. The minimum atomic E-state index is -0.911. The van der Waals surface area contributed by atoms with E-state index in [0.29, 0.717) is 11.3 Å². The van der Waals surface area contributed by atoms with Crippen LogP contribution in [-0.4, -0.2) is 21.7 Å². The van der Waals surface area contributed by atoms with E-state index in [1.165, 1.54) is 0 Å². The van der Waals surface area contributed by atoms with Gasteiger partial charge in [-0.1, -0.05) is 12.1 Å². The zero-order chi connectivity index (χ0) is 14.9. The second-order valence-electron chi connectivity index (χ2n) is 5.06. The Morgan fingerprint density at radius 1 is 1.25 bits per heavy atom. The normalized spacial score (nSPS) is 10.8. The Morgan fingerprint density at radius 2 is 1.90 bits per heavy atom. The average molecular weight is 273 g/mol. The summed E-state index contributed by atoms with van der Waals surface area (Å²) >= 11 is 0. The highest BCUT2D eigenvalue weighted by Crippen LogP contribution is 2.28. The fraction of sp³-hybridized carbons (Fsp3) is 0.312. The molecular formula is C16H19NO3. The lowest BCUT2D eigenvalue weighted by molar-refractivity contribution is 0.0696. The third-order valence-electron chi connectivity index (χ3n) is 3.13. The minimum Gasteiger partial charge on any atom is -0.489 e. The number of nitrogens with zero attached hydrogens (tertiary/aromatic N) is 1. The van der Waals surface area contributed by atoms with E-state index in [4.69, 9.17) is 4.74 Å². The van der Waals surface area contributed by atoms with Gasteiger partial charge in [0.1, 0.15) is 5.75 Å². The van der Waals surface area contributed by atoms with Crippen LogP contribution in [-0.2, 0) is 0 Å². The average Bonchev–Trinajstić information content (AvgIpc) is 2.65. The van der Waals surface area contributed by atoms with Gasteiger partial charge in [-0.3, -0.25) is 0 Å². The smallest absolute Gasteiger partial charge is 0.337 e. The fourth-order valence-electron chi connectivity index (χ4n) is 2.35. The van der Waals surface area contributed by atoms with Crippen LogP contribution >= 0.6 is 0 Å². The standard InChI is InChI=1S/C16H19NO3/c1-10(2)20-15-8-6-5-7-14(15)17-11(3)9-13(12(17)4)16(18)19/h5-10H,1-4H3,(H,18,19). The van der Waals surface area contributed by atoms with E-state index in [2.05, 4.69) is 0 Å². The predicted octanol–water partition coefficient (Wildman–Crippen LogP) is 3.58.